The Kier molecular flexibility index (Phi) is 6.46. The number of methoxy groups -OCH3 is 1. The van der Waals surface area contributed by atoms with Gasteiger partial charge in [-0.3, -0.25) is 19.7 Å². The van der Waals surface area contributed by atoms with Crippen molar-refractivity contribution in [3.63, 3.8) is 0 Å². The van der Waals surface area contributed by atoms with Crippen LogP contribution in [0.1, 0.15) is 39.9 Å². The number of likely N-dealkylation sites (tertiary alicyclic amines) is 1. The molecule has 1 unspecified atom stereocenters. The largest absolute Gasteiger partial charge is 0.497 e. The smallest absolute Gasteiger partial charge is 0.323 e. The number of imide groups is 1. The molecular weight excluding hydrogens is 490 g/mol. The quantitative estimate of drug-likeness (QED) is 0.138. The minimum atomic E-state index is -1.63. The standard InChI is InChI=1S/C27H25N5O6/c1-38-21-7-6-19-15-32(24(34)22(19)14-21)16-27(25(35)28-26(36)29-27)11-8-17-2-4-18(5-3-17)23(30-37)31-12-9-20(33)10-13-31/h2-7,14,37H,9-10,12-13,15-16H2,1H3,(H2,28,29,35,36). The Labute approximate surface area is 218 Å². The number of amidine groups is 1. The van der Waals surface area contributed by atoms with Crippen LogP contribution in [0, 0.1) is 11.8 Å². The lowest BCUT2D eigenvalue weighted by Crippen LogP contribution is -2.54. The first-order valence-corrected chi connectivity index (χ1v) is 12.0. The monoisotopic (exact) mass is 515 g/mol. The van der Waals surface area contributed by atoms with Crippen LogP contribution in [0.25, 0.3) is 0 Å². The summed E-state index contributed by atoms with van der Waals surface area (Å²) in [5.74, 6) is 5.98. The van der Waals surface area contributed by atoms with E-state index in [1.54, 1.807) is 42.5 Å². The van der Waals surface area contributed by atoms with Gasteiger partial charge in [0.2, 0.25) is 5.54 Å². The molecule has 3 aliphatic heterocycles. The van der Waals surface area contributed by atoms with E-state index in [0.29, 0.717) is 54.2 Å². The highest BCUT2D eigenvalue weighted by Gasteiger charge is 2.48. The predicted octanol–water partition coefficient (Wildman–Crippen LogP) is 1.08. The zero-order valence-electron chi connectivity index (χ0n) is 20.6. The summed E-state index contributed by atoms with van der Waals surface area (Å²) in [6.45, 7) is 1.08. The third-order valence-corrected chi connectivity index (χ3v) is 6.84. The van der Waals surface area contributed by atoms with Crippen molar-refractivity contribution in [3.8, 4) is 17.6 Å². The van der Waals surface area contributed by atoms with E-state index < -0.39 is 17.5 Å². The third-order valence-electron chi connectivity index (χ3n) is 6.84. The molecule has 0 bridgehead atoms. The van der Waals surface area contributed by atoms with Crippen LogP contribution >= 0.6 is 0 Å². The molecule has 0 aliphatic carbocycles. The molecule has 11 nitrogen and oxygen atoms in total. The first-order valence-electron chi connectivity index (χ1n) is 12.0. The average Bonchev–Trinajstić information content (AvgIpc) is 3.38. The van der Waals surface area contributed by atoms with Crippen molar-refractivity contribution in [3.05, 3.63) is 64.7 Å². The van der Waals surface area contributed by atoms with Crippen molar-refractivity contribution in [2.45, 2.75) is 24.9 Å². The number of benzene rings is 2. The number of ether oxygens (including phenoxy) is 1. The van der Waals surface area contributed by atoms with Gasteiger partial charge in [-0.25, -0.2) is 4.79 Å². The van der Waals surface area contributed by atoms with Crippen LogP contribution < -0.4 is 15.4 Å². The molecule has 0 radical (unpaired) electrons. The number of piperidine rings is 1. The topological polar surface area (TPSA) is 141 Å². The fraction of sp³-hybridized carbons (Fsp3) is 0.296. The molecule has 4 amide bonds. The molecular formula is C27H25N5O6. The van der Waals surface area contributed by atoms with Crippen molar-refractivity contribution >= 4 is 29.5 Å². The number of nitrogens with zero attached hydrogens (tertiary/aromatic N) is 3. The van der Waals surface area contributed by atoms with E-state index in [4.69, 9.17) is 4.74 Å². The lowest BCUT2D eigenvalue weighted by Gasteiger charge is -2.28. The Morgan fingerprint density at radius 2 is 1.84 bits per heavy atom. The fourth-order valence-corrected chi connectivity index (χ4v) is 4.76. The molecule has 0 saturated carbocycles. The summed E-state index contributed by atoms with van der Waals surface area (Å²) < 4.78 is 5.21. The van der Waals surface area contributed by atoms with Crippen LogP contribution in [0.3, 0.4) is 0 Å². The molecule has 2 fully saturated rings. The van der Waals surface area contributed by atoms with Gasteiger partial charge in [-0.15, -0.1) is 0 Å². The summed E-state index contributed by atoms with van der Waals surface area (Å²) in [6, 6.07) is 11.4. The maximum atomic E-state index is 13.1. The van der Waals surface area contributed by atoms with Gasteiger partial charge < -0.3 is 25.1 Å². The summed E-state index contributed by atoms with van der Waals surface area (Å²) in [4.78, 5) is 52.8. The second-order valence-electron chi connectivity index (χ2n) is 9.27. The molecule has 2 aromatic rings. The first kappa shape index (κ1) is 24.8. The van der Waals surface area contributed by atoms with Crippen LogP contribution in [-0.4, -0.2) is 76.8 Å². The molecule has 0 aromatic heterocycles. The number of amides is 4. The normalized spacial score (nSPS) is 21.0. The number of carbonyl (C=O) groups excluding carboxylic acids is 4. The molecule has 2 saturated heterocycles. The minimum Gasteiger partial charge on any atom is -0.497 e. The van der Waals surface area contributed by atoms with E-state index in [1.807, 2.05) is 4.90 Å². The second kappa shape index (κ2) is 9.89. The number of hydrogen-bond donors (Lipinski definition) is 3. The SMILES string of the molecule is COc1ccc2c(c1)C(=O)N(CC1(C#Cc3ccc(C(=NO)N4CCC(=O)CC4)cc3)NC(=O)NC1=O)C2. The Morgan fingerprint density at radius 1 is 1.11 bits per heavy atom. The Balaban J connectivity index is 1.36. The highest BCUT2D eigenvalue weighted by atomic mass is 16.5. The van der Waals surface area contributed by atoms with Crippen molar-refractivity contribution in [2.75, 3.05) is 26.7 Å². The van der Waals surface area contributed by atoms with E-state index >= 15 is 0 Å². The molecule has 0 spiro atoms. The number of rotatable bonds is 4. The van der Waals surface area contributed by atoms with Gasteiger partial charge >= 0.3 is 6.03 Å². The highest BCUT2D eigenvalue weighted by molar-refractivity contribution is 6.10. The Bertz CT molecular complexity index is 1410. The van der Waals surface area contributed by atoms with Crippen molar-refractivity contribution in [1.29, 1.82) is 0 Å². The summed E-state index contributed by atoms with van der Waals surface area (Å²) in [6.07, 6.45) is 0.799. The van der Waals surface area contributed by atoms with Gasteiger partial charge in [0.25, 0.3) is 11.8 Å². The number of Topliss-reactive ketones (excluding diaryl/α,β-unsaturated/α-hetero) is 1. The van der Waals surface area contributed by atoms with Crippen LogP contribution in [0.2, 0.25) is 0 Å². The number of urea groups is 1. The zero-order chi connectivity index (χ0) is 26.9. The average molecular weight is 516 g/mol. The lowest BCUT2D eigenvalue weighted by atomic mass is 9.98. The summed E-state index contributed by atoms with van der Waals surface area (Å²) in [7, 11) is 1.52. The van der Waals surface area contributed by atoms with Gasteiger partial charge in [0.05, 0.1) is 13.7 Å². The number of fused-ring (bicyclic) bond motifs is 1. The second-order valence-corrected chi connectivity index (χ2v) is 9.27. The maximum Gasteiger partial charge on any atom is 0.323 e. The molecule has 194 valence electrons. The number of carbonyl (C=O) groups is 4. The fourth-order valence-electron chi connectivity index (χ4n) is 4.76. The number of ketones is 1. The molecule has 1 atom stereocenters. The molecule has 3 aliphatic rings. The van der Waals surface area contributed by atoms with Gasteiger partial charge in [-0.1, -0.05) is 23.1 Å². The van der Waals surface area contributed by atoms with E-state index in [2.05, 4.69) is 27.6 Å². The molecule has 11 heteroatoms. The highest BCUT2D eigenvalue weighted by Crippen LogP contribution is 2.28. The number of oxime groups is 1. The van der Waals surface area contributed by atoms with Crippen molar-refractivity contribution in [1.82, 2.24) is 20.4 Å². The van der Waals surface area contributed by atoms with Crippen molar-refractivity contribution < 1.29 is 29.1 Å². The molecule has 3 heterocycles. The number of nitrogens with one attached hydrogen (secondary N) is 2. The maximum absolute atomic E-state index is 13.1. The molecule has 3 N–H and O–H groups in total. The molecule has 38 heavy (non-hydrogen) atoms. The first-order chi connectivity index (χ1) is 18.3. The van der Waals surface area contributed by atoms with Crippen molar-refractivity contribution in [2.24, 2.45) is 5.16 Å². The third kappa shape index (κ3) is 4.64. The lowest BCUT2D eigenvalue weighted by molar-refractivity contribution is -0.122. The summed E-state index contributed by atoms with van der Waals surface area (Å²) >= 11 is 0. The van der Waals surface area contributed by atoms with Crippen LogP contribution in [0.5, 0.6) is 5.75 Å². The summed E-state index contributed by atoms with van der Waals surface area (Å²) in [5, 5.41) is 17.8. The molecule has 5 rings (SSSR count). The van der Waals surface area contributed by atoms with Crippen LogP contribution in [-0.2, 0) is 16.1 Å². The Hall–Kier alpha value is -4.85. The van der Waals surface area contributed by atoms with Crippen LogP contribution in [0.15, 0.2) is 47.6 Å². The van der Waals surface area contributed by atoms with Gasteiger partial charge in [0.1, 0.15) is 11.5 Å². The van der Waals surface area contributed by atoms with E-state index in [9.17, 15) is 24.4 Å². The van der Waals surface area contributed by atoms with Crippen LogP contribution in [0.4, 0.5) is 4.79 Å². The van der Waals surface area contributed by atoms with E-state index in [1.165, 1.54) is 12.0 Å². The van der Waals surface area contributed by atoms with Gasteiger partial charge in [0.15, 0.2) is 5.84 Å². The van der Waals surface area contributed by atoms with E-state index in [0.717, 1.165) is 5.56 Å². The van der Waals surface area contributed by atoms with Gasteiger partial charge in [0, 0.05) is 49.2 Å². The number of hydrogen-bond acceptors (Lipinski definition) is 7. The minimum absolute atomic E-state index is 0.138. The molecule has 2 aromatic carbocycles. The van der Waals surface area contributed by atoms with E-state index in [-0.39, 0.29) is 24.8 Å². The summed E-state index contributed by atoms with van der Waals surface area (Å²) in [5.41, 5.74) is 0.833. The zero-order valence-corrected chi connectivity index (χ0v) is 20.6. The van der Waals surface area contributed by atoms with Gasteiger partial charge in [-0.2, -0.15) is 0 Å². The predicted molar refractivity (Wildman–Crippen MR) is 135 cm³/mol. The Morgan fingerprint density at radius 3 is 2.47 bits per heavy atom. The van der Waals surface area contributed by atoms with Gasteiger partial charge in [-0.05, 0) is 42.0 Å².